The maximum Gasteiger partial charge on any atom is 0.255 e. The summed E-state index contributed by atoms with van der Waals surface area (Å²) in [5.74, 6) is -0.141. The molecule has 27 heavy (non-hydrogen) atoms. The van der Waals surface area contributed by atoms with Crippen LogP contribution < -0.4 is 16.6 Å². The van der Waals surface area contributed by atoms with Crippen molar-refractivity contribution in [2.45, 2.75) is 49.8 Å². The molecule has 0 bridgehead atoms. The lowest BCUT2D eigenvalue weighted by molar-refractivity contribution is -0.0364. The smallest absolute Gasteiger partial charge is 0.255 e. The molecule has 6 heteroatoms. The van der Waals surface area contributed by atoms with Crippen molar-refractivity contribution in [3.05, 3.63) is 64.6 Å². The highest BCUT2D eigenvalue weighted by Gasteiger charge is 2.43. The molecule has 2 fully saturated rings. The van der Waals surface area contributed by atoms with E-state index in [-0.39, 0.29) is 29.2 Å². The lowest BCUT2D eigenvalue weighted by Crippen LogP contribution is -2.55. The van der Waals surface area contributed by atoms with Crippen LogP contribution >= 0.6 is 0 Å². The standard InChI is InChI=1S/C21H25N3O3/c22-17-9-11-21(10-3-13-27-21)14-18(17)23-20(26)15-5-7-16(8-6-15)24-12-2-1-4-19(24)25/h1-2,4-8,12,17-18H,3,9-11,13-14,22H2,(H,23,26). The van der Waals surface area contributed by atoms with Gasteiger partial charge in [-0.25, -0.2) is 0 Å². The van der Waals surface area contributed by atoms with Crippen LogP contribution in [0, 0.1) is 0 Å². The van der Waals surface area contributed by atoms with Gasteiger partial charge in [0.2, 0.25) is 0 Å². The van der Waals surface area contributed by atoms with Gasteiger partial charge in [0.25, 0.3) is 11.5 Å². The Bertz CT molecular complexity index is 869. The first-order chi connectivity index (χ1) is 13.1. The number of nitrogens with one attached hydrogen (secondary N) is 1. The van der Waals surface area contributed by atoms with E-state index >= 15 is 0 Å². The van der Waals surface area contributed by atoms with E-state index < -0.39 is 0 Å². The van der Waals surface area contributed by atoms with Gasteiger partial charge in [-0.05, 0) is 62.4 Å². The van der Waals surface area contributed by atoms with Gasteiger partial charge in [-0.1, -0.05) is 6.07 Å². The SMILES string of the molecule is NC1CCC2(CCCO2)CC1NC(=O)c1ccc(-n2ccccc2=O)cc1. The van der Waals surface area contributed by atoms with Crippen molar-refractivity contribution in [1.82, 2.24) is 9.88 Å². The summed E-state index contributed by atoms with van der Waals surface area (Å²) in [4.78, 5) is 24.6. The minimum Gasteiger partial charge on any atom is -0.375 e. The topological polar surface area (TPSA) is 86.3 Å². The molecule has 3 unspecified atom stereocenters. The molecule has 4 rings (SSSR count). The van der Waals surface area contributed by atoms with Gasteiger partial charge in [-0.3, -0.25) is 14.2 Å². The number of hydrogen-bond donors (Lipinski definition) is 2. The molecule has 0 radical (unpaired) electrons. The molecule has 1 spiro atoms. The van der Waals surface area contributed by atoms with E-state index in [0.717, 1.165) is 44.4 Å². The third-order valence-electron chi connectivity index (χ3n) is 5.77. The zero-order valence-corrected chi connectivity index (χ0v) is 15.3. The van der Waals surface area contributed by atoms with Gasteiger partial charge in [-0.15, -0.1) is 0 Å². The van der Waals surface area contributed by atoms with Crippen molar-refractivity contribution in [3.8, 4) is 5.69 Å². The third kappa shape index (κ3) is 3.68. The average Bonchev–Trinajstić information content (AvgIpc) is 3.13. The summed E-state index contributed by atoms with van der Waals surface area (Å²) in [5.41, 5.74) is 7.34. The lowest BCUT2D eigenvalue weighted by atomic mass is 9.77. The molecule has 1 aromatic carbocycles. The van der Waals surface area contributed by atoms with Gasteiger partial charge < -0.3 is 15.8 Å². The Morgan fingerprint density at radius 1 is 1.19 bits per heavy atom. The predicted molar refractivity (Wildman–Crippen MR) is 103 cm³/mol. The zero-order chi connectivity index (χ0) is 18.9. The van der Waals surface area contributed by atoms with Crippen LogP contribution in [0.25, 0.3) is 5.69 Å². The fourth-order valence-corrected chi connectivity index (χ4v) is 4.22. The van der Waals surface area contributed by atoms with E-state index in [1.165, 1.54) is 6.07 Å². The third-order valence-corrected chi connectivity index (χ3v) is 5.77. The minimum absolute atomic E-state index is 0.0501. The van der Waals surface area contributed by atoms with Crippen LogP contribution in [0.4, 0.5) is 0 Å². The number of pyridine rings is 1. The molecule has 2 aliphatic rings. The number of benzene rings is 1. The van der Waals surface area contributed by atoms with Crippen LogP contribution in [0.3, 0.4) is 0 Å². The van der Waals surface area contributed by atoms with Crippen molar-refractivity contribution >= 4 is 5.91 Å². The Balaban J connectivity index is 1.46. The second kappa shape index (κ2) is 7.29. The molecule has 1 saturated carbocycles. The Morgan fingerprint density at radius 3 is 2.70 bits per heavy atom. The summed E-state index contributed by atoms with van der Waals surface area (Å²) in [6.07, 6.45) is 6.45. The highest BCUT2D eigenvalue weighted by molar-refractivity contribution is 5.94. The molecule has 3 atom stereocenters. The van der Waals surface area contributed by atoms with E-state index in [4.69, 9.17) is 10.5 Å². The van der Waals surface area contributed by atoms with E-state index in [0.29, 0.717) is 5.56 Å². The van der Waals surface area contributed by atoms with Crippen molar-refractivity contribution < 1.29 is 9.53 Å². The predicted octanol–water partition coefficient (Wildman–Crippen LogP) is 2.00. The lowest BCUT2D eigenvalue weighted by Gasteiger charge is -2.41. The monoisotopic (exact) mass is 367 g/mol. The first kappa shape index (κ1) is 17.9. The van der Waals surface area contributed by atoms with Gasteiger partial charge in [0, 0.05) is 42.2 Å². The van der Waals surface area contributed by atoms with Crippen LogP contribution in [0.5, 0.6) is 0 Å². The number of carbonyl (C=O) groups is 1. The van der Waals surface area contributed by atoms with Gasteiger partial charge in [0.05, 0.1) is 5.60 Å². The second-order valence-electron chi connectivity index (χ2n) is 7.58. The molecule has 1 aliphatic heterocycles. The van der Waals surface area contributed by atoms with Gasteiger partial charge in [0.15, 0.2) is 0 Å². The van der Waals surface area contributed by atoms with Gasteiger partial charge in [-0.2, -0.15) is 0 Å². The van der Waals surface area contributed by atoms with E-state index in [1.54, 1.807) is 47.2 Å². The summed E-state index contributed by atoms with van der Waals surface area (Å²) < 4.78 is 7.53. The molecular weight excluding hydrogens is 342 g/mol. The fourth-order valence-electron chi connectivity index (χ4n) is 4.22. The normalized spacial score (nSPS) is 27.6. The van der Waals surface area contributed by atoms with Crippen LogP contribution in [-0.4, -0.2) is 34.8 Å². The van der Waals surface area contributed by atoms with E-state index in [1.807, 2.05) is 0 Å². The Hall–Kier alpha value is -2.44. The molecular formula is C21H25N3O3. The van der Waals surface area contributed by atoms with E-state index in [2.05, 4.69) is 5.32 Å². The fraction of sp³-hybridized carbons (Fsp3) is 0.429. The highest BCUT2D eigenvalue weighted by atomic mass is 16.5. The van der Waals surface area contributed by atoms with Gasteiger partial charge in [0.1, 0.15) is 0 Å². The molecule has 1 aliphatic carbocycles. The zero-order valence-electron chi connectivity index (χ0n) is 15.3. The molecule has 1 saturated heterocycles. The Morgan fingerprint density at radius 2 is 2.00 bits per heavy atom. The molecule has 2 aromatic rings. The number of hydrogen-bond acceptors (Lipinski definition) is 4. The van der Waals surface area contributed by atoms with Crippen molar-refractivity contribution in [1.29, 1.82) is 0 Å². The number of nitrogens with two attached hydrogens (primary N) is 1. The molecule has 3 N–H and O–H groups in total. The Kier molecular flexibility index (Phi) is 4.85. The van der Waals surface area contributed by atoms with Crippen LogP contribution in [0.2, 0.25) is 0 Å². The highest BCUT2D eigenvalue weighted by Crippen LogP contribution is 2.39. The number of carbonyl (C=O) groups excluding carboxylic acids is 1. The molecule has 142 valence electrons. The Labute approximate surface area is 158 Å². The van der Waals surface area contributed by atoms with Crippen molar-refractivity contribution in [2.24, 2.45) is 5.73 Å². The second-order valence-corrected chi connectivity index (χ2v) is 7.58. The first-order valence-electron chi connectivity index (χ1n) is 9.55. The molecule has 2 heterocycles. The molecule has 1 amide bonds. The first-order valence-corrected chi connectivity index (χ1v) is 9.55. The number of aromatic nitrogens is 1. The summed E-state index contributed by atoms with van der Waals surface area (Å²) in [6.45, 7) is 0.802. The van der Waals surface area contributed by atoms with Crippen molar-refractivity contribution in [2.75, 3.05) is 6.61 Å². The number of nitrogens with zero attached hydrogens (tertiary/aromatic N) is 1. The summed E-state index contributed by atoms with van der Waals surface area (Å²) in [6, 6.07) is 11.9. The number of ether oxygens (including phenoxy) is 1. The summed E-state index contributed by atoms with van der Waals surface area (Å²) in [5, 5.41) is 3.09. The van der Waals surface area contributed by atoms with Crippen LogP contribution in [0.15, 0.2) is 53.5 Å². The largest absolute Gasteiger partial charge is 0.375 e. The maximum absolute atomic E-state index is 12.7. The maximum atomic E-state index is 12.7. The van der Waals surface area contributed by atoms with Crippen LogP contribution in [0.1, 0.15) is 42.5 Å². The quantitative estimate of drug-likeness (QED) is 0.869. The molecule has 1 aromatic heterocycles. The van der Waals surface area contributed by atoms with E-state index in [9.17, 15) is 9.59 Å². The van der Waals surface area contributed by atoms with Crippen molar-refractivity contribution in [3.63, 3.8) is 0 Å². The molecule has 6 nitrogen and oxygen atoms in total. The average molecular weight is 367 g/mol. The minimum atomic E-state index is -0.141. The summed E-state index contributed by atoms with van der Waals surface area (Å²) in [7, 11) is 0. The van der Waals surface area contributed by atoms with Crippen LogP contribution in [-0.2, 0) is 4.74 Å². The van der Waals surface area contributed by atoms with Gasteiger partial charge >= 0.3 is 0 Å². The number of rotatable bonds is 3. The summed E-state index contributed by atoms with van der Waals surface area (Å²) >= 11 is 0. The number of amides is 1.